The third kappa shape index (κ3) is 3.99. The van der Waals surface area contributed by atoms with E-state index in [4.69, 9.17) is 4.74 Å². The van der Waals surface area contributed by atoms with Crippen LogP contribution < -0.4 is 5.32 Å². The molecule has 0 saturated carbocycles. The van der Waals surface area contributed by atoms with Gasteiger partial charge in [0.25, 0.3) is 0 Å². The highest BCUT2D eigenvalue weighted by atomic mass is 32.1. The summed E-state index contributed by atoms with van der Waals surface area (Å²) >= 11 is 1.05. The van der Waals surface area contributed by atoms with Gasteiger partial charge in [-0.15, -0.1) is 0 Å². The molecule has 1 heterocycles. The maximum atomic E-state index is 11.5. The second kappa shape index (κ2) is 5.34. The first-order valence-electron chi connectivity index (χ1n) is 5.28. The van der Waals surface area contributed by atoms with E-state index in [1.54, 1.807) is 27.7 Å². The number of nitrogens with one attached hydrogen (secondary N) is 1. The Morgan fingerprint density at radius 3 is 2.44 bits per heavy atom. The van der Waals surface area contributed by atoms with E-state index in [1.807, 2.05) is 0 Å². The Balaban J connectivity index is 2.75. The molecule has 18 heavy (non-hydrogen) atoms. The number of anilines is 1. The van der Waals surface area contributed by atoms with Crippen molar-refractivity contribution in [2.75, 3.05) is 12.4 Å². The minimum Gasteiger partial charge on any atom is -0.465 e. The van der Waals surface area contributed by atoms with Crippen LogP contribution in [0, 0.1) is 6.92 Å². The molecule has 100 valence electrons. The van der Waals surface area contributed by atoms with Gasteiger partial charge in [0.05, 0.1) is 12.8 Å². The van der Waals surface area contributed by atoms with Crippen molar-refractivity contribution in [3.8, 4) is 0 Å². The van der Waals surface area contributed by atoms with Crippen LogP contribution in [-0.4, -0.2) is 29.8 Å². The molecule has 0 aliphatic carbocycles. The minimum absolute atomic E-state index is 0.308. The largest absolute Gasteiger partial charge is 0.465 e. The number of rotatable bonds is 2. The molecule has 1 N–H and O–H groups in total. The topological polar surface area (TPSA) is 77.5 Å². The molecule has 0 bridgehead atoms. The lowest BCUT2D eigenvalue weighted by Crippen LogP contribution is -2.27. The van der Waals surface area contributed by atoms with Gasteiger partial charge in [-0.3, -0.25) is 5.32 Å². The van der Waals surface area contributed by atoms with Gasteiger partial charge in [0.15, 0.2) is 5.13 Å². The standard InChI is InChI=1S/C11H16N2O4S/c1-6-7(8(14)16-5)18-9(12-6)13-10(15)17-11(2,3)4/h1-5H3,(H,12,13,15). The van der Waals surface area contributed by atoms with Crippen molar-refractivity contribution in [1.29, 1.82) is 0 Å². The van der Waals surface area contributed by atoms with Gasteiger partial charge in [-0.25, -0.2) is 14.6 Å². The normalized spacial score (nSPS) is 10.9. The molecular weight excluding hydrogens is 256 g/mol. The minimum atomic E-state index is -0.604. The molecule has 1 rings (SSSR count). The van der Waals surface area contributed by atoms with Gasteiger partial charge in [-0.05, 0) is 27.7 Å². The molecular formula is C11H16N2O4S. The summed E-state index contributed by atoms with van der Waals surface area (Å²) in [7, 11) is 1.29. The highest BCUT2D eigenvalue weighted by molar-refractivity contribution is 7.17. The summed E-state index contributed by atoms with van der Waals surface area (Å²) in [5.74, 6) is -0.470. The van der Waals surface area contributed by atoms with Crippen LogP contribution in [0.3, 0.4) is 0 Å². The number of hydrogen-bond acceptors (Lipinski definition) is 6. The van der Waals surface area contributed by atoms with Crippen molar-refractivity contribution in [2.24, 2.45) is 0 Å². The molecule has 1 aromatic heterocycles. The first kappa shape index (κ1) is 14.4. The molecule has 0 atom stereocenters. The smallest absolute Gasteiger partial charge is 0.413 e. The lowest BCUT2D eigenvalue weighted by atomic mass is 10.2. The summed E-state index contributed by atoms with van der Waals surface area (Å²) in [4.78, 5) is 27.3. The summed E-state index contributed by atoms with van der Waals surface area (Å²) in [5, 5.41) is 2.78. The first-order valence-corrected chi connectivity index (χ1v) is 6.10. The highest BCUT2D eigenvalue weighted by Gasteiger charge is 2.20. The molecule has 0 aliphatic rings. The van der Waals surface area contributed by atoms with Crippen LogP contribution in [0.5, 0.6) is 0 Å². The van der Waals surface area contributed by atoms with Crippen molar-refractivity contribution in [1.82, 2.24) is 4.98 Å². The summed E-state index contributed by atoms with van der Waals surface area (Å²) in [5.41, 5.74) is -0.0698. The van der Waals surface area contributed by atoms with Crippen LogP contribution in [0.4, 0.5) is 9.93 Å². The number of carbonyl (C=O) groups is 2. The van der Waals surface area contributed by atoms with E-state index in [9.17, 15) is 9.59 Å². The fourth-order valence-corrected chi connectivity index (χ4v) is 1.99. The van der Waals surface area contributed by atoms with Gasteiger partial charge in [0.1, 0.15) is 10.5 Å². The van der Waals surface area contributed by atoms with E-state index in [-0.39, 0.29) is 0 Å². The van der Waals surface area contributed by atoms with Crippen LogP contribution in [0.15, 0.2) is 0 Å². The average molecular weight is 272 g/mol. The Hall–Kier alpha value is -1.63. The molecule has 0 saturated heterocycles. The molecule has 7 heteroatoms. The fourth-order valence-electron chi connectivity index (χ4n) is 1.12. The summed E-state index contributed by atoms with van der Waals surface area (Å²) in [6.45, 7) is 6.96. The number of amides is 1. The number of hydrogen-bond donors (Lipinski definition) is 1. The molecule has 0 unspecified atom stereocenters. The van der Waals surface area contributed by atoms with E-state index in [2.05, 4.69) is 15.0 Å². The van der Waals surface area contributed by atoms with Gasteiger partial charge < -0.3 is 9.47 Å². The van der Waals surface area contributed by atoms with E-state index in [0.717, 1.165) is 11.3 Å². The Labute approximate surface area is 109 Å². The van der Waals surface area contributed by atoms with Crippen LogP contribution in [0.25, 0.3) is 0 Å². The number of methoxy groups -OCH3 is 1. The predicted molar refractivity (Wildman–Crippen MR) is 68.0 cm³/mol. The van der Waals surface area contributed by atoms with E-state index >= 15 is 0 Å². The third-order valence-corrected chi connectivity index (χ3v) is 2.83. The molecule has 1 aromatic rings. The Bertz CT molecular complexity index is 462. The monoisotopic (exact) mass is 272 g/mol. The Morgan fingerprint density at radius 2 is 1.94 bits per heavy atom. The van der Waals surface area contributed by atoms with Crippen LogP contribution in [0.1, 0.15) is 36.1 Å². The zero-order chi connectivity index (χ0) is 13.9. The second-order valence-electron chi connectivity index (χ2n) is 4.55. The number of aromatic nitrogens is 1. The van der Waals surface area contributed by atoms with Crippen LogP contribution >= 0.6 is 11.3 Å². The van der Waals surface area contributed by atoms with Crippen molar-refractivity contribution < 1.29 is 19.1 Å². The van der Waals surface area contributed by atoms with E-state index in [1.165, 1.54) is 7.11 Å². The number of thiazole rings is 1. The maximum Gasteiger partial charge on any atom is 0.413 e. The van der Waals surface area contributed by atoms with E-state index < -0.39 is 17.7 Å². The zero-order valence-corrected chi connectivity index (χ0v) is 11.8. The molecule has 0 radical (unpaired) electrons. The third-order valence-electron chi connectivity index (χ3n) is 1.78. The quantitative estimate of drug-likeness (QED) is 0.837. The SMILES string of the molecule is COC(=O)c1sc(NC(=O)OC(C)(C)C)nc1C. The van der Waals surface area contributed by atoms with Crippen molar-refractivity contribution >= 4 is 28.5 Å². The molecule has 0 aromatic carbocycles. The number of carbonyl (C=O) groups excluding carboxylic acids is 2. The summed E-state index contributed by atoms with van der Waals surface area (Å²) < 4.78 is 9.68. The lowest BCUT2D eigenvalue weighted by molar-refractivity contribution is 0.0602. The maximum absolute atomic E-state index is 11.5. The number of aryl methyl sites for hydroxylation is 1. The molecule has 1 amide bonds. The van der Waals surface area contributed by atoms with Crippen molar-refractivity contribution in [3.05, 3.63) is 10.6 Å². The number of esters is 1. The molecule has 0 fully saturated rings. The van der Waals surface area contributed by atoms with Gasteiger partial charge in [-0.1, -0.05) is 11.3 Å². The first-order chi connectivity index (χ1) is 8.23. The van der Waals surface area contributed by atoms with Crippen molar-refractivity contribution in [3.63, 3.8) is 0 Å². The highest BCUT2D eigenvalue weighted by Crippen LogP contribution is 2.23. The Kier molecular flexibility index (Phi) is 4.28. The van der Waals surface area contributed by atoms with Gasteiger partial charge in [0.2, 0.25) is 0 Å². The number of ether oxygens (including phenoxy) is 2. The average Bonchev–Trinajstić information content (AvgIpc) is 2.55. The molecule has 0 aliphatic heterocycles. The van der Waals surface area contributed by atoms with Gasteiger partial charge in [0, 0.05) is 0 Å². The predicted octanol–water partition coefficient (Wildman–Crippen LogP) is 2.59. The fraction of sp³-hybridized carbons (Fsp3) is 0.545. The second-order valence-corrected chi connectivity index (χ2v) is 5.55. The van der Waals surface area contributed by atoms with Crippen molar-refractivity contribution in [2.45, 2.75) is 33.3 Å². The lowest BCUT2D eigenvalue weighted by Gasteiger charge is -2.18. The van der Waals surface area contributed by atoms with Gasteiger partial charge >= 0.3 is 12.1 Å². The van der Waals surface area contributed by atoms with E-state index in [0.29, 0.717) is 15.7 Å². The van der Waals surface area contributed by atoms with Crippen LogP contribution in [-0.2, 0) is 9.47 Å². The summed E-state index contributed by atoms with van der Waals surface area (Å²) in [6.07, 6.45) is -0.604. The zero-order valence-electron chi connectivity index (χ0n) is 11.0. The summed E-state index contributed by atoms with van der Waals surface area (Å²) in [6, 6.07) is 0. The molecule has 6 nitrogen and oxygen atoms in total. The number of nitrogens with zero attached hydrogens (tertiary/aromatic N) is 1. The van der Waals surface area contributed by atoms with Crippen LogP contribution in [0.2, 0.25) is 0 Å². The van der Waals surface area contributed by atoms with Gasteiger partial charge in [-0.2, -0.15) is 0 Å². The Morgan fingerprint density at radius 1 is 1.33 bits per heavy atom. The molecule has 0 spiro atoms.